The van der Waals surface area contributed by atoms with Crippen molar-refractivity contribution >= 4 is 46.8 Å². The van der Waals surface area contributed by atoms with Gasteiger partial charge in [0.05, 0.1) is 29.0 Å². The molecule has 0 radical (unpaired) electrons. The summed E-state index contributed by atoms with van der Waals surface area (Å²) in [5.74, 6) is -1.45. The molecule has 1 aromatic heterocycles. The van der Waals surface area contributed by atoms with E-state index in [9.17, 15) is 14.0 Å². The van der Waals surface area contributed by atoms with E-state index in [-0.39, 0.29) is 11.1 Å². The molecule has 1 aliphatic heterocycles. The number of nitrogens with zero attached hydrogens (tertiary/aromatic N) is 2. The summed E-state index contributed by atoms with van der Waals surface area (Å²) >= 11 is 12.5. The number of amides is 1. The van der Waals surface area contributed by atoms with Gasteiger partial charge in [0.1, 0.15) is 5.82 Å². The number of hydrogen-bond acceptors (Lipinski definition) is 3. The Bertz CT molecular complexity index is 1390. The van der Waals surface area contributed by atoms with Crippen LogP contribution in [0.5, 0.6) is 0 Å². The van der Waals surface area contributed by atoms with Gasteiger partial charge in [-0.15, -0.1) is 0 Å². The molecule has 4 rings (SSSR count). The van der Waals surface area contributed by atoms with E-state index in [0.29, 0.717) is 21.4 Å². The lowest BCUT2D eigenvalue weighted by Crippen LogP contribution is -2.24. The number of allylic oxidation sites excluding steroid dienone is 1. The van der Waals surface area contributed by atoms with Crippen LogP contribution in [-0.2, 0) is 14.3 Å². The maximum absolute atomic E-state index is 13.5. The molecule has 0 spiro atoms. The lowest BCUT2D eigenvalue weighted by atomic mass is 10.0. The fourth-order valence-electron chi connectivity index (χ4n) is 4.20. The van der Waals surface area contributed by atoms with Crippen molar-refractivity contribution in [3.63, 3.8) is 0 Å². The first-order valence-electron chi connectivity index (χ1n) is 10.4. The van der Waals surface area contributed by atoms with Crippen molar-refractivity contribution in [2.24, 2.45) is 0 Å². The highest BCUT2D eigenvalue weighted by Crippen LogP contribution is 2.37. The van der Waals surface area contributed by atoms with Crippen LogP contribution in [0.2, 0.25) is 10.0 Å². The minimum Gasteiger partial charge on any atom is -0.465 e. The SMILES string of the molecule is COC(=O)C1=C(C)N(c2ccc(F)cc2)C(=O)/C1=C\c1cc(C)n(-c2ccc(Cl)cc2Cl)c1C. The monoisotopic (exact) mass is 498 g/mol. The van der Waals surface area contributed by atoms with Crippen LogP contribution in [0.4, 0.5) is 10.1 Å². The number of carbonyl (C=O) groups is 2. The first kappa shape index (κ1) is 23.8. The number of hydrogen-bond donors (Lipinski definition) is 0. The minimum absolute atomic E-state index is 0.158. The molecule has 0 saturated heterocycles. The number of esters is 1. The van der Waals surface area contributed by atoms with Gasteiger partial charge in [0.15, 0.2) is 0 Å². The van der Waals surface area contributed by atoms with E-state index < -0.39 is 17.7 Å². The molecule has 34 heavy (non-hydrogen) atoms. The van der Waals surface area contributed by atoms with Crippen LogP contribution in [0.3, 0.4) is 0 Å². The fraction of sp³-hybridized carbons (Fsp3) is 0.154. The maximum Gasteiger partial charge on any atom is 0.340 e. The van der Waals surface area contributed by atoms with Crippen molar-refractivity contribution in [1.82, 2.24) is 4.57 Å². The number of benzene rings is 2. The van der Waals surface area contributed by atoms with Crippen molar-refractivity contribution in [3.8, 4) is 5.69 Å². The minimum atomic E-state index is -0.628. The van der Waals surface area contributed by atoms with Crippen molar-refractivity contribution in [3.05, 3.63) is 98.2 Å². The molecule has 0 N–H and O–H groups in total. The van der Waals surface area contributed by atoms with Gasteiger partial charge in [0.25, 0.3) is 5.91 Å². The maximum atomic E-state index is 13.5. The smallest absolute Gasteiger partial charge is 0.340 e. The highest BCUT2D eigenvalue weighted by molar-refractivity contribution is 6.35. The molecule has 0 unspecified atom stereocenters. The Morgan fingerprint density at radius 2 is 1.71 bits per heavy atom. The zero-order valence-electron chi connectivity index (χ0n) is 18.9. The molecular formula is C26H21Cl2FN2O3. The molecule has 1 amide bonds. The summed E-state index contributed by atoms with van der Waals surface area (Å²) in [5, 5.41) is 1.01. The lowest BCUT2D eigenvalue weighted by Gasteiger charge is -2.17. The van der Waals surface area contributed by atoms with Gasteiger partial charge in [-0.05, 0) is 80.9 Å². The van der Waals surface area contributed by atoms with Crippen molar-refractivity contribution in [2.45, 2.75) is 20.8 Å². The van der Waals surface area contributed by atoms with Gasteiger partial charge >= 0.3 is 5.97 Å². The Labute approximate surface area is 206 Å². The van der Waals surface area contributed by atoms with E-state index in [1.165, 1.54) is 36.3 Å². The van der Waals surface area contributed by atoms with E-state index in [1.54, 1.807) is 25.1 Å². The van der Waals surface area contributed by atoms with Gasteiger partial charge in [-0.2, -0.15) is 0 Å². The second-order valence-electron chi connectivity index (χ2n) is 7.88. The first-order chi connectivity index (χ1) is 16.1. The van der Waals surface area contributed by atoms with E-state index in [0.717, 1.165) is 22.6 Å². The van der Waals surface area contributed by atoms with Gasteiger partial charge in [0.2, 0.25) is 0 Å². The largest absolute Gasteiger partial charge is 0.465 e. The standard InChI is InChI=1S/C26H21Cl2FN2O3/c1-14-11-17(15(2)30(14)23-10-5-18(27)13-22(23)28)12-21-24(26(33)34-4)16(3)31(25(21)32)20-8-6-19(29)7-9-20/h5-13H,1-4H3/b21-12-. The van der Waals surface area contributed by atoms with Crippen molar-refractivity contribution in [2.75, 3.05) is 12.0 Å². The van der Waals surface area contributed by atoms with Crippen LogP contribution in [0.25, 0.3) is 11.8 Å². The third-order valence-corrected chi connectivity index (χ3v) is 6.33. The van der Waals surface area contributed by atoms with Gasteiger partial charge in [0, 0.05) is 27.8 Å². The zero-order valence-corrected chi connectivity index (χ0v) is 20.5. The van der Waals surface area contributed by atoms with Crippen LogP contribution in [0.15, 0.2) is 65.4 Å². The highest BCUT2D eigenvalue weighted by Gasteiger charge is 2.38. The molecule has 5 nitrogen and oxygen atoms in total. The molecule has 0 bridgehead atoms. The quantitative estimate of drug-likeness (QED) is 0.308. The number of aryl methyl sites for hydroxylation is 1. The average molecular weight is 499 g/mol. The number of aromatic nitrogens is 1. The van der Waals surface area contributed by atoms with Crippen LogP contribution in [0, 0.1) is 19.7 Å². The molecule has 3 aromatic rings. The second-order valence-corrected chi connectivity index (χ2v) is 8.73. The van der Waals surface area contributed by atoms with E-state index in [2.05, 4.69) is 0 Å². The second kappa shape index (κ2) is 9.12. The summed E-state index contributed by atoms with van der Waals surface area (Å²) in [6.45, 7) is 5.48. The Hall–Kier alpha value is -3.35. The molecular weight excluding hydrogens is 478 g/mol. The Morgan fingerprint density at radius 1 is 1.03 bits per heavy atom. The summed E-state index contributed by atoms with van der Waals surface area (Å²) in [6.07, 6.45) is 1.67. The number of methoxy groups -OCH3 is 1. The summed E-state index contributed by atoms with van der Waals surface area (Å²) in [7, 11) is 1.26. The van der Waals surface area contributed by atoms with E-state index >= 15 is 0 Å². The molecule has 0 atom stereocenters. The molecule has 0 fully saturated rings. The topological polar surface area (TPSA) is 51.5 Å². The predicted molar refractivity (Wildman–Crippen MR) is 132 cm³/mol. The summed E-state index contributed by atoms with van der Waals surface area (Å²) in [6, 6.07) is 12.7. The van der Waals surface area contributed by atoms with Crippen molar-refractivity contribution < 1.29 is 18.7 Å². The van der Waals surface area contributed by atoms with Gasteiger partial charge in [-0.3, -0.25) is 9.69 Å². The van der Waals surface area contributed by atoms with E-state index in [1.807, 2.05) is 30.5 Å². The highest BCUT2D eigenvalue weighted by atomic mass is 35.5. The molecule has 0 aliphatic carbocycles. The van der Waals surface area contributed by atoms with Crippen LogP contribution >= 0.6 is 23.2 Å². The number of ether oxygens (including phenoxy) is 1. The van der Waals surface area contributed by atoms with Crippen molar-refractivity contribution in [1.29, 1.82) is 0 Å². The van der Waals surface area contributed by atoms with Gasteiger partial charge in [-0.25, -0.2) is 9.18 Å². The molecule has 0 saturated carbocycles. The molecule has 8 heteroatoms. The summed E-state index contributed by atoms with van der Waals surface area (Å²) in [4.78, 5) is 27.5. The molecule has 1 aliphatic rings. The van der Waals surface area contributed by atoms with Gasteiger partial charge in [-0.1, -0.05) is 23.2 Å². The number of carbonyl (C=O) groups excluding carboxylic acids is 2. The Kier molecular flexibility index (Phi) is 6.39. The number of rotatable bonds is 4. The van der Waals surface area contributed by atoms with Crippen LogP contribution in [-0.4, -0.2) is 23.6 Å². The Morgan fingerprint density at radius 3 is 2.32 bits per heavy atom. The van der Waals surface area contributed by atoms with Crippen LogP contribution < -0.4 is 4.90 Å². The van der Waals surface area contributed by atoms with E-state index in [4.69, 9.17) is 27.9 Å². The van der Waals surface area contributed by atoms with Gasteiger partial charge < -0.3 is 9.30 Å². The van der Waals surface area contributed by atoms with Crippen LogP contribution in [0.1, 0.15) is 23.9 Å². The third kappa shape index (κ3) is 4.04. The number of anilines is 1. The third-order valence-electron chi connectivity index (χ3n) is 5.80. The molecule has 174 valence electrons. The Balaban J connectivity index is 1.85. The first-order valence-corrected chi connectivity index (χ1v) is 11.1. The fourth-order valence-corrected chi connectivity index (χ4v) is 4.70. The lowest BCUT2D eigenvalue weighted by molar-refractivity contribution is -0.136. The predicted octanol–water partition coefficient (Wildman–Crippen LogP) is 6.42. The average Bonchev–Trinajstić information content (AvgIpc) is 3.20. The summed E-state index contributed by atoms with van der Waals surface area (Å²) in [5.41, 5.74) is 4.40. The number of halogens is 3. The molecule has 2 heterocycles. The summed E-state index contributed by atoms with van der Waals surface area (Å²) < 4.78 is 20.4. The molecule has 2 aromatic carbocycles. The zero-order chi connectivity index (χ0) is 24.7. The normalized spacial score (nSPS) is 15.0.